The number of allylic oxidation sites excluding steroid dienone is 2. The maximum atomic E-state index is 5.21. The van der Waals surface area contributed by atoms with Crippen molar-refractivity contribution in [1.82, 2.24) is 10.7 Å². The van der Waals surface area contributed by atoms with Crippen molar-refractivity contribution in [2.24, 2.45) is 10.8 Å². The quantitative estimate of drug-likeness (QED) is 0.252. The molecule has 0 aliphatic heterocycles. The smallest absolute Gasteiger partial charge is 0.0400 e. The van der Waals surface area contributed by atoms with Crippen LogP contribution in [0.5, 0.6) is 0 Å². The van der Waals surface area contributed by atoms with E-state index in [1.807, 2.05) is 13.1 Å². The Balaban J connectivity index is 4.62. The van der Waals surface area contributed by atoms with Crippen molar-refractivity contribution in [3.8, 4) is 0 Å². The van der Waals surface area contributed by atoms with Crippen molar-refractivity contribution in [1.29, 1.82) is 0 Å². The number of rotatable bonds is 5. The molecule has 4 N–H and O–H groups in total. The van der Waals surface area contributed by atoms with E-state index in [1.54, 1.807) is 19.5 Å². The summed E-state index contributed by atoms with van der Waals surface area (Å²) in [5.74, 6) is 5.21. The Morgan fingerprint density at radius 3 is 2.62 bits per heavy atom. The summed E-state index contributed by atoms with van der Waals surface area (Å²) < 4.78 is 0. The number of hydrogen-bond donors (Lipinski definition) is 3. The van der Waals surface area contributed by atoms with Crippen molar-refractivity contribution in [3.05, 3.63) is 23.5 Å². The predicted molar refractivity (Wildman–Crippen MR) is 57.3 cm³/mol. The minimum Gasteiger partial charge on any atom is -0.388 e. The van der Waals surface area contributed by atoms with Gasteiger partial charge < -0.3 is 10.7 Å². The first-order chi connectivity index (χ1) is 6.29. The van der Waals surface area contributed by atoms with Crippen LogP contribution in [0.2, 0.25) is 0 Å². The maximum Gasteiger partial charge on any atom is 0.0400 e. The lowest BCUT2D eigenvalue weighted by atomic mass is 10.1. The molecule has 0 aromatic rings. The third kappa shape index (κ3) is 4.32. The average molecular weight is 182 g/mol. The van der Waals surface area contributed by atoms with Gasteiger partial charge in [-0.25, -0.2) is 0 Å². The highest BCUT2D eigenvalue weighted by molar-refractivity contribution is 5.73. The van der Waals surface area contributed by atoms with E-state index in [0.717, 1.165) is 17.7 Å². The molecule has 74 valence electrons. The molecule has 0 aromatic heterocycles. The minimum atomic E-state index is 0.911. The second kappa shape index (κ2) is 7.36. The fourth-order valence-corrected chi connectivity index (χ4v) is 0.971. The van der Waals surface area contributed by atoms with Crippen molar-refractivity contribution >= 4 is 6.21 Å². The first-order valence-corrected chi connectivity index (χ1v) is 4.25. The Morgan fingerprint density at radius 2 is 2.23 bits per heavy atom. The summed E-state index contributed by atoms with van der Waals surface area (Å²) in [5, 5.41) is 3.08. The number of nitrogens with one attached hydrogen (secondary N) is 2. The molecule has 0 atom stereocenters. The summed E-state index contributed by atoms with van der Waals surface area (Å²) in [5.41, 5.74) is 4.66. The van der Waals surface area contributed by atoms with Crippen LogP contribution in [0.4, 0.5) is 0 Å². The van der Waals surface area contributed by atoms with Crippen LogP contribution in [0, 0.1) is 0 Å². The summed E-state index contributed by atoms with van der Waals surface area (Å²) in [6.45, 7) is 2.07. The molecule has 0 fully saturated rings. The Kier molecular flexibility index (Phi) is 6.63. The number of nitrogens with two attached hydrogens (primary N) is 1. The normalized spacial score (nSPS) is 13.5. The molecule has 4 heteroatoms. The molecule has 4 nitrogen and oxygen atoms in total. The van der Waals surface area contributed by atoms with Gasteiger partial charge in [0.05, 0.1) is 0 Å². The van der Waals surface area contributed by atoms with Crippen LogP contribution < -0.4 is 16.6 Å². The number of aliphatic imine (C=N–C) groups is 1. The average Bonchev–Trinajstić information content (AvgIpc) is 2.17. The molecule has 0 aromatic carbocycles. The first kappa shape index (κ1) is 11.7. The maximum absolute atomic E-state index is 5.21. The SMILES string of the molecule is CC/C(=C\NN)C(=CC=NC)NC. The molecule has 0 rings (SSSR count). The van der Waals surface area contributed by atoms with Crippen molar-refractivity contribution in [3.63, 3.8) is 0 Å². The zero-order valence-corrected chi connectivity index (χ0v) is 8.46. The second-order valence-corrected chi connectivity index (χ2v) is 2.43. The summed E-state index contributed by atoms with van der Waals surface area (Å²) >= 11 is 0. The molecule has 0 amide bonds. The van der Waals surface area contributed by atoms with Gasteiger partial charge in [-0.05, 0) is 18.1 Å². The molecule has 0 aliphatic carbocycles. The Bertz CT molecular complexity index is 216. The Labute approximate surface area is 79.6 Å². The molecule has 0 unspecified atom stereocenters. The zero-order chi connectivity index (χ0) is 10.1. The van der Waals surface area contributed by atoms with Gasteiger partial charge in [0.1, 0.15) is 0 Å². The van der Waals surface area contributed by atoms with Gasteiger partial charge in [0.2, 0.25) is 0 Å². The molecule has 0 heterocycles. The fourth-order valence-electron chi connectivity index (χ4n) is 0.971. The Hall–Kier alpha value is -1.29. The van der Waals surface area contributed by atoms with Crippen LogP contribution in [0.3, 0.4) is 0 Å². The number of hydrogen-bond acceptors (Lipinski definition) is 4. The summed E-state index contributed by atoms with van der Waals surface area (Å²) in [6, 6.07) is 0. The Morgan fingerprint density at radius 1 is 1.54 bits per heavy atom. The summed E-state index contributed by atoms with van der Waals surface area (Å²) in [4.78, 5) is 3.88. The molecular formula is C9H18N4. The third-order valence-corrected chi connectivity index (χ3v) is 1.64. The van der Waals surface area contributed by atoms with E-state index in [-0.39, 0.29) is 0 Å². The van der Waals surface area contributed by atoms with Gasteiger partial charge in [0.25, 0.3) is 0 Å². The van der Waals surface area contributed by atoms with E-state index in [1.165, 1.54) is 0 Å². The summed E-state index contributed by atoms with van der Waals surface area (Å²) in [6.07, 6.45) is 6.33. The molecule has 0 radical (unpaired) electrons. The van der Waals surface area contributed by atoms with E-state index < -0.39 is 0 Å². The van der Waals surface area contributed by atoms with Crippen LogP contribution in [-0.4, -0.2) is 20.3 Å². The van der Waals surface area contributed by atoms with E-state index in [4.69, 9.17) is 5.84 Å². The largest absolute Gasteiger partial charge is 0.388 e. The van der Waals surface area contributed by atoms with E-state index >= 15 is 0 Å². The first-order valence-electron chi connectivity index (χ1n) is 4.25. The van der Waals surface area contributed by atoms with Gasteiger partial charge in [-0.15, -0.1) is 0 Å². The van der Waals surface area contributed by atoms with Crippen LogP contribution in [0.15, 0.2) is 28.5 Å². The molecule has 0 aliphatic rings. The van der Waals surface area contributed by atoms with E-state index in [9.17, 15) is 0 Å². The third-order valence-electron chi connectivity index (χ3n) is 1.64. The van der Waals surface area contributed by atoms with Crippen molar-refractivity contribution in [2.75, 3.05) is 14.1 Å². The lowest BCUT2D eigenvalue weighted by Gasteiger charge is -2.08. The topological polar surface area (TPSA) is 62.4 Å². The summed E-state index contributed by atoms with van der Waals surface area (Å²) in [7, 11) is 3.61. The highest BCUT2D eigenvalue weighted by Crippen LogP contribution is 2.08. The van der Waals surface area contributed by atoms with Crippen LogP contribution in [-0.2, 0) is 0 Å². The van der Waals surface area contributed by atoms with E-state index in [2.05, 4.69) is 22.7 Å². The monoisotopic (exact) mass is 182 g/mol. The zero-order valence-electron chi connectivity index (χ0n) is 8.46. The van der Waals surface area contributed by atoms with Crippen LogP contribution in [0.25, 0.3) is 0 Å². The number of hydrazine groups is 1. The van der Waals surface area contributed by atoms with Gasteiger partial charge in [0.15, 0.2) is 0 Å². The lowest BCUT2D eigenvalue weighted by Crippen LogP contribution is -2.17. The molecule has 0 spiro atoms. The van der Waals surface area contributed by atoms with Crippen molar-refractivity contribution < 1.29 is 0 Å². The van der Waals surface area contributed by atoms with Crippen molar-refractivity contribution in [2.45, 2.75) is 13.3 Å². The highest BCUT2D eigenvalue weighted by atomic mass is 15.2. The van der Waals surface area contributed by atoms with Gasteiger partial charge in [-0.1, -0.05) is 6.92 Å². The lowest BCUT2D eigenvalue weighted by molar-refractivity contribution is 0.898. The predicted octanol–water partition coefficient (Wildman–Crippen LogP) is 0.547. The standard InChI is InChI=1S/C9H18N4/c1-4-8(7-13-10)9(12-3)5-6-11-2/h5-7,12-13H,4,10H2,1-3H3/b8-7+,9-5?,11-6?. The van der Waals surface area contributed by atoms with Gasteiger partial charge in [0, 0.05) is 32.2 Å². The number of nitrogens with zero attached hydrogens (tertiary/aromatic N) is 1. The second-order valence-electron chi connectivity index (χ2n) is 2.43. The molecule has 0 bridgehead atoms. The van der Waals surface area contributed by atoms with Crippen LogP contribution in [0.1, 0.15) is 13.3 Å². The molecule has 13 heavy (non-hydrogen) atoms. The van der Waals surface area contributed by atoms with Gasteiger partial charge in [-0.3, -0.25) is 10.8 Å². The number of likely N-dealkylation sites (N-methyl/N-ethyl adjacent to an activating group) is 1. The fraction of sp³-hybridized carbons (Fsp3) is 0.444. The van der Waals surface area contributed by atoms with E-state index in [0.29, 0.717) is 0 Å². The minimum absolute atomic E-state index is 0.911. The molecule has 0 saturated heterocycles. The molecule has 0 saturated carbocycles. The van der Waals surface area contributed by atoms with Gasteiger partial charge >= 0.3 is 0 Å². The van der Waals surface area contributed by atoms with Gasteiger partial charge in [-0.2, -0.15) is 0 Å². The highest BCUT2D eigenvalue weighted by Gasteiger charge is 1.98. The molecular weight excluding hydrogens is 164 g/mol. The van der Waals surface area contributed by atoms with Crippen LogP contribution >= 0.6 is 0 Å².